The summed E-state index contributed by atoms with van der Waals surface area (Å²) in [4.78, 5) is 18.7. The molecule has 0 saturated carbocycles. The van der Waals surface area contributed by atoms with Gasteiger partial charge in [-0.1, -0.05) is 23.7 Å². The first kappa shape index (κ1) is 16.1. The summed E-state index contributed by atoms with van der Waals surface area (Å²) in [6.07, 6.45) is 0.361. The second-order valence-electron chi connectivity index (χ2n) is 6.00. The molecule has 0 atom stereocenters. The second-order valence-corrected chi connectivity index (χ2v) is 6.44. The number of nitrogens with zero attached hydrogens (tertiary/aromatic N) is 2. The Labute approximate surface area is 150 Å². The minimum Gasteiger partial charge on any atom is -0.436 e. The van der Waals surface area contributed by atoms with Gasteiger partial charge >= 0.3 is 0 Å². The van der Waals surface area contributed by atoms with E-state index in [0.29, 0.717) is 49.2 Å². The third-order valence-corrected chi connectivity index (χ3v) is 4.48. The van der Waals surface area contributed by atoms with Crippen LogP contribution in [0.15, 0.2) is 46.9 Å². The van der Waals surface area contributed by atoms with Crippen molar-refractivity contribution in [1.82, 2.24) is 9.88 Å². The van der Waals surface area contributed by atoms with Gasteiger partial charge in [0.05, 0.1) is 19.6 Å². The molecule has 0 N–H and O–H groups in total. The number of benzene rings is 2. The molecule has 1 amide bonds. The molecular weight excluding hydrogens is 340 g/mol. The number of ether oxygens (including phenoxy) is 1. The first-order chi connectivity index (χ1) is 12.2. The van der Waals surface area contributed by atoms with E-state index in [1.807, 2.05) is 29.2 Å². The zero-order chi connectivity index (χ0) is 17.2. The van der Waals surface area contributed by atoms with Crippen LogP contribution in [0.4, 0.5) is 0 Å². The van der Waals surface area contributed by atoms with Crippen LogP contribution in [-0.2, 0) is 16.0 Å². The molecule has 25 heavy (non-hydrogen) atoms. The van der Waals surface area contributed by atoms with E-state index >= 15 is 0 Å². The van der Waals surface area contributed by atoms with Crippen molar-refractivity contribution in [3.05, 3.63) is 53.1 Å². The van der Waals surface area contributed by atoms with Gasteiger partial charge in [0, 0.05) is 23.7 Å². The van der Waals surface area contributed by atoms with Crippen molar-refractivity contribution < 1.29 is 13.9 Å². The van der Waals surface area contributed by atoms with Crippen molar-refractivity contribution in [2.75, 3.05) is 26.3 Å². The van der Waals surface area contributed by atoms with Gasteiger partial charge in [0.15, 0.2) is 5.58 Å². The molecule has 2 heterocycles. The van der Waals surface area contributed by atoms with Crippen molar-refractivity contribution in [2.45, 2.75) is 6.42 Å². The Kier molecular flexibility index (Phi) is 4.42. The number of rotatable bonds is 3. The zero-order valence-electron chi connectivity index (χ0n) is 13.6. The van der Waals surface area contributed by atoms with Crippen LogP contribution in [-0.4, -0.2) is 42.1 Å². The highest BCUT2D eigenvalue weighted by Gasteiger charge is 2.17. The molecular formula is C19H17ClN2O3. The Morgan fingerprint density at radius 2 is 2.00 bits per heavy atom. The van der Waals surface area contributed by atoms with E-state index in [9.17, 15) is 4.79 Å². The highest BCUT2D eigenvalue weighted by molar-refractivity contribution is 6.31. The molecule has 2 aromatic carbocycles. The number of carbonyl (C=O) groups is 1. The van der Waals surface area contributed by atoms with Gasteiger partial charge in [0.2, 0.25) is 11.8 Å². The lowest BCUT2D eigenvalue weighted by molar-refractivity contribution is -0.134. The van der Waals surface area contributed by atoms with Crippen LogP contribution in [0.3, 0.4) is 0 Å². The Morgan fingerprint density at radius 3 is 2.84 bits per heavy atom. The van der Waals surface area contributed by atoms with Crippen LogP contribution in [0.1, 0.15) is 5.56 Å². The minimum atomic E-state index is 0.116. The van der Waals surface area contributed by atoms with Crippen molar-refractivity contribution in [2.24, 2.45) is 0 Å². The molecule has 0 radical (unpaired) electrons. The highest BCUT2D eigenvalue weighted by atomic mass is 35.5. The van der Waals surface area contributed by atoms with E-state index < -0.39 is 0 Å². The highest BCUT2D eigenvalue weighted by Crippen LogP contribution is 2.26. The van der Waals surface area contributed by atoms with Crippen LogP contribution >= 0.6 is 11.6 Å². The van der Waals surface area contributed by atoms with Gasteiger partial charge in [-0.05, 0) is 35.9 Å². The number of hydrogen-bond acceptors (Lipinski definition) is 4. The summed E-state index contributed by atoms with van der Waals surface area (Å²) in [6.45, 7) is 2.53. The van der Waals surface area contributed by atoms with E-state index in [-0.39, 0.29) is 5.91 Å². The van der Waals surface area contributed by atoms with E-state index in [2.05, 4.69) is 4.98 Å². The van der Waals surface area contributed by atoms with E-state index in [4.69, 9.17) is 20.8 Å². The predicted molar refractivity (Wildman–Crippen MR) is 95.6 cm³/mol. The molecule has 6 heteroatoms. The quantitative estimate of drug-likeness (QED) is 0.720. The summed E-state index contributed by atoms with van der Waals surface area (Å²) in [6, 6.07) is 13.1. The largest absolute Gasteiger partial charge is 0.436 e. The SMILES string of the molecule is O=C(Cc1cccc(-c2nc3cc(Cl)ccc3o2)c1)N1CCOCC1. The van der Waals surface area contributed by atoms with Gasteiger partial charge in [-0.2, -0.15) is 0 Å². The Balaban J connectivity index is 1.56. The molecule has 0 unspecified atom stereocenters. The average molecular weight is 357 g/mol. The monoisotopic (exact) mass is 356 g/mol. The van der Waals surface area contributed by atoms with Crippen LogP contribution in [0, 0.1) is 0 Å². The van der Waals surface area contributed by atoms with Crippen molar-refractivity contribution in [3.63, 3.8) is 0 Å². The molecule has 1 aromatic heterocycles. The summed E-state index contributed by atoms with van der Waals surface area (Å²) in [7, 11) is 0. The molecule has 128 valence electrons. The van der Waals surface area contributed by atoms with E-state index in [0.717, 1.165) is 16.6 Å². The number of hydrogen-bond donors (Lipinski definition) is 0. The van der Waals surface area contributed by atoms with Gasteiger partial charge in [-0.3, -0.25) is 4.79 Å². The third-order valence-electron chi connectivity index (χ3n) is 4.24. The van der Waals surface area contributed by atoms with Gasteiger partial charge in [0.25, 0.3) is 0 Å². The number of morpholine rings is 1. The van der Waals surface area contributed by atoms with Gasteiger partial charge in [0.1, 0.15) is 5.52 Å². The van der Waals surface area contributed by atoms with Gasteiger partial charge in [-0.15, -0.1) is 0 Å². The summed E-state index contributed by atoms with van der Waals surface area (Å²) in [5.74, 6) is 0.641. The molecule has 4 rings (SSSR count). The number of amides is 1. The second kappa shape index (κ2) is 6.86. The lowest BCUT2D eigenvalue weighted by Gasteiger charge is -2.26. The van der Waals surface area contributed by atoms with Gasteiger partial charge in [-0.25, -0.2) is 4.98 Å². The lowest BCUT2D eigenvalue weighted by atomic mass is 10.1. The maximum atomic E-state index is 12.4. The molecule has 0 spiro atoms. The minimum absolute atomic E-state index is 0.116. The normalized spacial score (nSPS) is 14.8. The van der Waals surface area contributed by atoms with Crippen LogP contribution in [0.25, 0.3) is 22.6 Å². The molecule has 1 saturated heterocycles. The first-order valence-electron chi connectivity index (χ1n) is 8.20. The Hall–Kier alpha value is -2.37. The summed E-state index contributed by atoms with van der Waals surface area (Å²) in [5.41, 5.74) is 3.19. The Bertz CT molecular complexity index is 916. The van der Waals surface area contributed by atoms with Gasteiger partial charge < -0.3 is 14.1 Å². The Morgan fingerprint density at radius 1 is 1.16 bits per heavy atom. The van der Waals surface area contributed by atoms with Crippen LogP contribution < -0.4 is 0 Å². The van der Waals surface area contributed by atoms with Crippen LogP contribution in [0.5, 0.6) is 0 Å². The smallest absolute Gasteiger partial charge is 0.227 e. The van der Waals surface area contributed by atoms with Crippen LogP contribution in [0.2, 0.25) is 5.02 Å². The molecule has 1 fully saturated rings. The number of halogens is 1. The zero-order valence-corrected chi connectivity index (χ0v) is 14.3. The molecule has 0 bridgehead atoms. The predicted octanol–water partition coefficient (Wildman–Crippen LogP) is 3.55. The fourth-order valence-electron chi connectivity index (χ4n) is 2.94. The maximum absolute atomic E-state index is 12.4. The lowest BCUT2D eigenvalue weighted by Crippen LogP contribution is -2.41. The van der Waals surface area contributed by atoms with E-state index in [1.54, 1.807) is 18.2 Å². The number of fused-ring (bicyclic) bond motifs is 1. The standard InChI is InChI=1S/C19H17ClN2O3/c20-15-4-5-17-16(12-15)21-19(25-17)14-3-1-2-13(10-14)11-18(23)22-6-8-24-9-7-22/h1-5,10,12H,6-9,11H2. The number of oxazole rings is 1. The van der Waals surface area contributed by atoms with Crippen molar-refractivity contribution in [3.8, 4) is 11.5 Å². The van der Waals surface area contributed by atoms with Crippen molar-refractivity contribution >= 4 is 28.6 Å². The molecule has 0 aliphatic carbocycles. The summed E-state index contributed by atoms with van der Waals surface area (Å²) >= 11 is 6.00. The van der Waals surface area contributed by atoms with Crippen molar-refractivity contribution in [1.29, 1.82) is 0 Å². The topological polar surface area (TPSA) is 55.6 Å². The number of aromatic nitrogens is 1. The average Bonchev–Trinajstić information content (AvgIpc) is 3.06. The summed E-state index contributed by atoms with van der Waals surface area (Å²) < 4.78 is 11.1. The third kappa shape index (κ3) is 3.52. The molecule has 3 aromatic rings. The maximum Gasteiger partial charge on any atom is 0.227 e. The molecule has 5 nitrogen and oxygen atoms in total. The summed E-state index contributed by atoms with van der Waals surface area (Å²) in [5, 5.41) is 0.622. The van der Waals surface area contributed by atoms with E-state index in [1.165, 1.54) is 0 Å². The fraction of sp³-hybridized carbons (Fsp3) is 0.263. The molecule has 1 aliphatic rings. The number of carbonyl (C=O) groups excluding carboxylic acids is 1. The fourth-order valence-corrected chi connectivity index (χ4v) is 3.10. The molecule has 1 aliphatic heterocycles. The first-order valence-corrected chi connectivity index (χ1v) is 8.58.